The highest BCUT2D eigenvalue weighted by Gasteiger charge is 2.10. The number of thiol groups is 1. The van der Waals surface area contributed by atoms with Crippen LogP contribution in [0, 0.1) is 0 Å². The molecule has 0 aliphatic carbocycles. The maximum absolute atomic E-state index is 11.4. The van der Waals surface area contributed by atoms with Crippen LogP contribution >= 0.6 is 24.0 Å². The zero-order valence-corrected chi connectivity index (χ0v) is 10.3. The van der Waals surface area contributed by atoms with Crippen molar-refractivity contribution in [3.8, 4) is 10.4 Å². The van der Waals surface area contributed by atoms with Gasteiger partial charge >= 0.3 is 5.97 Å². The average Bonchev–Trinajstić information content (AvgIpc) is 2.82. The number of hydrogen-bond donors (Lipinski definition) is 1. The Bertz CT molecular complexity index is 504. The van der Waals surface area contributed by atoms with Crippen LogP contribution in [-0.2, 0) is 4.74 Å². The van der Waals surface area contributed by atoms with Crippen molar-refractivity contribution in [2.75, 3.05) is 7.11 Å². The summed E-state index contributed by atoms with van der Waals surface area (Å²) in [5.41, 5.74) is 1.50. The van der Waals surface area contributed by atoms with Gasteiger partial charge in [-0.3, -0.25) is 0 Å². The van der Waals surface area contributed by atoms with Gasteiger partial charge in [0.2, 0.25) is 0 Å². The second-order valence-electron chi connectivity index (χ2n) is 3.20. The monoisotopic (exact) mass is 250 g/mol. The molecular weight excluding hydrogens is 240 g/mol. The molecule has 0 aliphatic rings. The molecule has 2 nitrogen and oxygen atoms in total. The van der Waals surface area contributed by atoms with Crippen molar-refractivity contribution in [3.63, 3.8) is 0 Å². The number of carbonyl (C=O) groups is 1. The molecule has 0 bridgehead atoms. The molecule has 2 aromatic rings. The number of benzene rings is 1. The predicted molar refractivity (Wildman–Crippen MR) is 68.3 cm³/mol. The molecule has 0 saturated carbocycles. The Morgan fingerprint density at radius 1 is 1.38 bits per heavy atom. The Balaban J connectivity index is 2.49. The summed E-state index contributed by atoms with van der Waals surface area (Å²) in [6.07, 6.45) is 0. The molecule has 4 heteroatoms. The van der Waals surface area contributed by atoms with Crippen LogP contribution in [0.5, 0.6) is 0 Å². The molecule has 0 fully saturated rings. The predicted octanol–water partition coefficient (Wildman–Crippen LogP) is 3.49. The lowest BCUT2D eigenvalue weighted by Gasteiger charge is -2.05. The van der Waals surface area contributed by atoms with E-state index in [1.807, 2.05) is 23.6 Å². The van der Waals surface area contributed by atoms with Crippen molar-refractivity contribution in [3.05, 3.63) is 41.3 Å². The maximum Gasteiger partial charge on any atom is 0.337 e. The maximum atomic E-state index is 11.4. The van der Waals surface area contributed by atoms with Gasteiger partial charge in [0.15, 0.2) is 0 Å². The summed E-state index contributed by atoms with van der Waals surface area (Å²) in [4.78, 5) is 13.4. The minimum Gasteiger partial charge on any atom is -0.465 e. The third-order valence-electron chi connectivity index (χ3n) is 2.20. The van der Waals surface area contributed by atoms with Crippen LogP contribution in [0.1, 0.15) is 10.4 Å². The summed E-state index contributed by atoms with van der Waals surface area (Å²) >= 11 is 6.00. The zero-order valence-electron chi connectivity index (χ0n) is 8.64. The van der Waals surface area contributed by atoms with E-state index in [2.05, 4.69) is 17.4 Å². The number of carbonyl (C=O) groups excluding carboxylic acids is 1. The molecule has 82 valence electrons. The van der Waals surface area contributed by atoms with Crippen molar-refractivity contribution in [1.82, 2.24) is 0 Å². The first kappa shape index (κ1) is 11.2. The number of hydrogen-bond acceptors (Lipinski definition) is 4. The third-order valence-corrected chi connectivity index (χ3v) is 3.50. The molecule has 0 N–H and O–H groups in total. The van der Waals surface area contributed by atoms with Gasteiger partial charge in [0.25, 0.3) is 0 Å². The van der Waals surface area contributed by atoms with Crippen molar-refractivity contribution < 1.29 is 9.53 Å². The molecule has 1 heterocycles. The lowest BCUT2D eigenvalue weighted by molar-refractivity contribution is 0.0600. The standard InChI is InChI=1S/C12H10O2S2/c1-14-12(13)8-4-5-10(15)9(7-8)11-3-2-6-16-11/h2-7,15H,1H3. The van der Waals surface area contributed by atoms with Gasteiger partial charge in [0.05, 0.1) is 12.7 Å². The highest BCUT2D eigenvalue weighted by Crippen LogP contribution is 2.31. The zero-order chi connectivity index (χ0) is 11.5. The molecule has 0 amide bonds. The summed E-state index contributed by atoms with van der Waals surface area (Å²) < 4.78 is 4.69. The van der Waals surface area contributed by atoms with Crippen molar-refractivity contribution >= 4 is 29.9 Å². The van der Waals surface area contributed by atoms with E-state index in [0.29, 0.717) is 5.56 Å². The van der Waals surface area contributed by atoms with Crippen LogP contribution in [0.4, 0.5) is 0 Å². The number of rotatable bonds is 2. The van der Waals surface area contributed by atoms with Crippen LogP contribution in [-0.4, -0.2) is 13.1 Å². The Kier molecular flexibility index (Phi) is 3.31. The van der Waals surface area contributed by atoms with E-state index >= 15 is 0 Å². The van der Waals surface area contributed by atoms with E-state index in [9.17, 15) is 4.79 Å². The van der Waals surface area contributed by atoms with E-state index in [4.69, 9.17) is 0 Å². The van der Waals surface area contributed by atoms with E-state index in [1.54, 1.807) is 23.5 Å². The normalized spacial score (nSPS) is 10.1. The molecule has 0 atom stereocenters. The van der Waals surface area contributed by atoms with E-state index in [0.717, 1.165) is 15.3 Å². The van der Waals surface area contributed by atoms with Crippen molar-refractivity contribution in [2.24, 2.45) is 0 Å². The van der Waals surface area contributed by atoms with Gasteiger partial charge in [0.1, 0.15) is 0 Å². The van der Waals surface area contributed by atoms with Gasteiger partial charge in [-0.05, 0) is 29.6 Å². The van der Waals surface area contributed by atoms with Crippen molar-refractivity contribution in [1.29, 1.82) is 0 Å². The van der Waals surface area contributed by atoms with Crippen LogP contribution in [0.3, 0.4) is 0 Å². The molecule has 1 aromatic heterocycles. The topological polar surface area (TPSA) is 26.3 Å². The molecule has 0 unspecified atom stereocenters. The number of esters is 1. The molecule has 0 radical (unpaired) electrons. The average molecular weight is 250 g/mol. The quantitative estimate of drug-likeness (QED) is 0.652. The minimum absolute atomic E-state index is 0.328. The Morgan fingerprint density at radius 3 is 2.81 bits per heavy atom. The fraction of sp³-hybridized carbons (Fsp3) is 0.0833. The van der Waals surface area contributed by atoms with Crippen LogP contribution in [0.25, 0.3) is 10.4 Å². The Labute approximate surface area is 103 Å². The summed E-state index contributed by atoms with van der Waals surface area (Å²) in [6.45, 7) is 0. The number of ether oxygens (including phenoxy) is 1. The first-order chi connectivity index (χ1) is 7.72. The number of methoxy groups -OCH3 is 1. The highest BCUT2D eigenvalue weighted by molar-refractivity contribution is 7.80. The Hall–Kier alpha value is -1.26. The molecule has 0 spiro atoms. The molecular formula is C12H10O2S2. The summed E-state index contributed by atoms with van der Waals surface area (Å²) in [5.74, 6) is -0.328. The fourth-order valence-corrected chi connectivity index (χ4v) is 2.50. The highest BCUT2D eigenvalue weighted by atomic mass is 32.1. The van der Waals surface area contributed by atoms with Crippen LogP contribution < -0.4 is 0 Å². The summed E-state index contributed by atoms with van der Waals surface area (Å²) in [6, 6.07) is 9.30. The summed E-state index contributed by atoms with van der Waals surface area (Å²) in [5, 5.41) is 1.99. The molecule has 0 aliphatic heterocycles. The summed E-state index contributed by atoms with van der Waals surface area (Å²) in [7, 11) is 1.38. The lowest BCUT2D eigenvalue weighted by atomic mass is 10.1. The van der Waals surface area contributed by atoms with Gasteiger partial charge in [-0.1, -0.05) is 6.07 Å². The molecule has 1 aromatic carbocycles. The van der Waals surface area contributed by atoms with Crippen LogP contribution in [0.15, 0.2) is 40.6 Å². The first-order valence-electron chi connectivity index (χ1n) is 4.67. The van der Waals surface area contributed by atoms with Gasteiger partial charge in [-0.25, -0.2) is 4.79 Å². The van der Waals surface area contributed by atoms with Gasteiger partial charge in [0, 0.05) is 15.3 Å². The SMILES string of the molecule is COC(=O)c1ccc(S)c(-c2cccs2)c1. The van der Waals surface area contributed by atoms with Crippen molar-refractivity contribution in [2.45, 2.75) is 4.90 Å². The second kappa shape index (κ2) is 4.72. The Morgan fingerprint density at radius 2 is 2.19 bits per heavy atom. The van der Waals surface area contributed by atoms with E-state index < -0.39 is 0 Å². The van der Waals surface area contributed by atoms with Gasteiger partial charge in [-0.2, -0.15) is 0 Å². The molecule has 0 saturated heterocycles. The molecule has 16 heavy (non-hydrogen) atoms. The lowest BCUT2D eigenvalue weighted by Crippen LogP contribution is -2.01. The largest absolute Gasteiger partial charge is 0.465 e. The van der Waals surface area contributed by atoms with Gasteiger partial charge in [-0.15, -0.1) is 24.0 Å². The minimum atomic E-state index is -0.328. The number of thiophene rings is 1. The first-order valence-corrected chi connectivity index (χ1v) is 6.00. The second-order valence-corrected chi connectivity index (χ2v) is 4.63. The fourth-order valence-electron chi connectivity index (χ4n) is 1.41. The van der Waals surface area contributed by atoms with E-state index in [1.165, 1.54) is 7.11 Å². The molecule has 2 rings (SSSR count). The third kappa shape index (κ3) is 2.13. The smallest absolute Gasteiger partial charge is 0.337 e. The van der Waals surface area contributed by atoms with Crippen LogP contribution in [0.2, 0.25) is 0 Å². The van der Waals surface area contributed by atoms with Gasteiger partial charge < -0.3 is 4.74 Å². The van der Waals surface area contributed by atoms with E-state index in [-0.39, 0.29) is 5.97 Å².